The van der Waals surface area contributed by atoms with E-state index in [4.69, 9.17) is 9.47 Å². The molecule has 12 heavy (non-hydrogen) atoms. The minimum atomic E-state index is 0.336. The normalized spacial score (nSPS) is 33.2. The molecule has 72 valence electrons. The van der Waals surface area contributed by atoms with Crippen molar-refractivity contribution in [3.8, 4) is 0 Å². The molecule has 0 N–H and O–H groups in total. The largest absolute Gasteiger partial charge is 0.382 e. The second-order valence-electron chi connectivity index (χ2n) is 3.92. The monoisotopic (exact) mass is 172 g/mol. The molecular formula is C10H20O2. The van der Waals surface area contributed by atoms with Crippen molar-refractivity contribution in [2.45, 2.75) is 45.3 Å². The summed E-state index contributed by atoms with van der Waals surface area (Å²) in [6.45, 7) is 5.28. The van der Waals surface area contributed by atoms with Crippen LogP contribution in [0, 0.1) is 5.92 Å². The second-order valence-corrected chi connectivity index (χ2v) is 3.92. The Hall–Kier alpha value is -0.0800. The van der Waals surface area contributed by atoms with Gasteiger partial charge in [-0.2, -0.15) is 0 Å². The summed E-state index contributed by atoms with van der Waals surface area (Å²) in [5.41, 5.74) is 0. The summed E-state index contributed by atoms with van der Waals surface area (Å²) in [5.74, 6) is 0.749. The zero-order chi connectivity index (χ0) is 8.97. The highest BCUT2D eigenvalue weighted by atomic mass is 16.5. The first-order valence-corrected chi connectivity index (χ1v) is 4.86. The van der Waals surface area contributed by atoms with Gasteiger partial charge in [-0.1, -0.05) is 6.92 Å². The molecule has 0 spiro atoms. The first-order valence-electron chi connectivity index (χ1n) is 4.86. The highest BCUT2D eigenvalue weighted by Crippen LogP contribution is 2.21. The van der Waals surface area contributed by atoms with Gasteiger partial charge in [0.2, 0.25) is 0 Å². The zero-order valence-electron chi connectivity index (χ0n) is 8.38. The molecule has 0 aromatic rings. The smallest absolute Gasteiger partial charge is 0.0600 e. The Kier molecular flexibility index (Phi) is 4.02. The number of rotatable bonds is 3. The van der Waals surface area contributed by atoms with Crippen LogP contribution in [-0.4, -0.2) is 25.9 Å². The lowest BCUT2D eigenvalue weighted by Gasteiger charge is -2.28. The van der Waals surface area contributed by atoms with Crippen LogP contribution in [0.15, 0.2) is 0 Å². The SMILES string of the molecule is CO[C@H](C)C[C@@H]1CC[C@@H](C)CO1. The van der Waals surface area contributed by atoms with Crippen LogP contribution in [-0.2, 0) is 9.47 Å². The molecule has 0 radical (unpaired) electrons. The molecule has 1 fully saturated rings. The predicted molar refractivity (Wildman–Crippen MR) is 49.2 cm³/mol. The van der Waals surface area contributed by atoms with Crippen molar-refractivity contribution in [3.05, 3.63) is 0 Å². The van der Waals surface area contributed by atoms with Gasteiger partial charge >= 0.3 is 0 Å². The number of hydrogen-bond donors (Lipinski definition) is 0. The van der Waals surface area contributed by atoms with Crippen LogP contribution >= 0.6 is 0 Å². The summed E-state index contributed by atoms with van der Waals surface area (Å²) in [6.07, 6.45) is 4.33. The van der Waals surface area contributed by atoms with Gasteiger partial charge in [-0.05, 0) is 32.1 Å². The third-order valence-corrected chi connectivity index (χ3v) is 2.60. The highest BCUT2D eigenvalue weighted by molar-refractivity contribution is 4.69. The van der Waals surface area contributed by atoms with E-state index in [-0.39, 0.29) is 0 Å². The van der Waals surface area contributed by atoms with E-state index in [1.54, 1.807) is 7.11 Å². The molecule has 1 heterocycles. The van der Waals surface area contributed by atoms with Crippen molar-refractivity contribution in [2.24, 2.45) is 5.92 Å². The second kappa shape index (κ2) is 4.83. The van der Waals surface area contributed by atoms with E-state index >= 15 is 0 Å². The van der Waals surface area contributed by atoms with Gasteiger partial charge in [0.15, 0.2) is 0 Å². The van der Waals surface area contributed by atoms with Crippen LogP contribution in [0.4, 0.5) is 0 Å². The van der Waals surface area contributed by atoms with Gasteiger partial charge in [-0.3, -0.25) is 0 Å². The maximum absolute atomic E-state index is 5.68. The number of ether oxygens (including phenoxy) is 2. The summed E-state index contributed by atoms with van der Waals surface area (Å²) in [5, 5.41) is 0. The fraction of sp³-hybridized carbons (Fsp3) is 1.00. The van der Waals surface area contributed by atoms with E-state index < -0.39 is 0 Å². The number of hydrogen-bond acceptors (Lipinski definition) is 2. The van der Waals surface area contributed by atoms with Gasteiger partial charge < -0.3 is 9.47 Å². The molecule has 1 aliphatic heterocycles. The average molecular weight is 172 g/mol. The van der Waals surface area contributed by atoms with Gasteiger partial charge in [-0.25, -0.2) is 0 Å². The van der Waals surface area contributed by atoms with Crippen LogP contribution in [0.25, 0.3) is 0 Å². The van der Waals surface area contributed by atoms with Gasteiger partial charge in [0.25, 0.3) is 0 Å². The number of methoxy groups -OCH3 is 1. The Morgan fingerprint density at radius 1 is 1.50 bits per heavy atom. The summed E-state index contributed by atoms with van der Waals surface area (Å²) in [7, 11) is 1.76. The van der Waals surface area contributed by atoms with E-state index in [2.05, 4.69) is 13.8 Å². The minimum absolute atomic E-state index is 0.336. The molecule has 1 aliphatic rings. The molecule has 2 heteroatoms. The first-order chi connectivity index (χ1) is 5.72. The maximum Gasteiger partial charge on any atom is 0.0600 e. The van der Waals surface area contributed by atoms with E-state index in [9.17, 15) is 0 Å². The van der Waals surface area contributed by atoms with Crippen molar-refractivity contribution >= 4 is 0 Å². The van der Waals surface area contributed by atoms with Gasteiger partial charge in [0.1, 0.15) is 0 Å². The Bertz CT molecular complexity index is 117. The minimum Gasteiger partial charge on any atom is -0.382 e. The summed E-state index contributed by atoms with van der Waals surface area (Å²) >= 11 is 0. The lowest BCUT2D eigenvalue weighted by molar-refractivity contribution is -0.0398. The third-order valence-electron chi connectivity index (χ3n) is 2.60. The van der Waals surface area contributed by atoms with Crippen molar-refractivity contribution in [2.75, 3.05) is 13.7 Å². The van der Waals surface area contributed by atoms with E-state index in [1.807, 2.05) is 0 Å². The molecule has 0 aromatic heterocycles. The molecule has 0 aliphatic carbocycles. The zero-order valence-corrected chi connectivity index (χ0v) is 8.38. The Balaban J connectivity index is 2.17. The van der Waals surface area contributed by atoms with Crippen LogP contribution in [0.5, 0.6) is 0 Å². The first kappa shape index (κ1) is 10.0. The van der Waals surface area contributed by atoms with Gasteiger partial charge in [0.05, 0.1) is 12.2 Å². The Morgan fingerprint density at radius 2 is 2.25 bits per heavy atom. The fourth-order valence-corrected chi connectivity index (χ4v) is 1.59. The molecule has 1 rings (SSSR count). The highest BCUT2D eigenvalue weighted by Gasteiger charge is 2.20. The van der Waals surface area contributed by atoms with Crippen molar-refractivity contribution < 1.29 is 9.47 Å². The average Bonchev–Trinajstić information content (AvgIpc) is 2.09. The molecule has 1 saturated heterocycles. The molecule has 0 saturated carbocycles. The summed E-state index contributed by atoms with van der Waals surface area (Å²) in [6, 6.07) is 0. The van der Waals surface area contributed by atoms with E-state index in [0.717, 1.165) is 18.9 Å². The quantitative estimate of drug-likeness (QED) is 0.650. The van der Waals surface area contributed by atoms with Crippen LogP contribution in [0.1, 0.15) is 33.1 Å². The topological polar surface area (TPSA) is 18.5 Å². The lowest BCUT2D eigenvalue weighted by atomic mass is 9.97. The molecular weight excluding hydrogens is 152 g/mol. The molecule has 0 unspecified atom stereocenters. The van der Waals surface area contributed by atoms with Crippen molar-refractivity contribution in [1.29, 1.82) is 0 Å². The molecule has 0 bridgehead atoms. The maximum atomic E-state index is 5.68. The fourth-order valence-electron chi connectivity index (χ4n) is 1.59. The van der Waals surface area contributed by atoms with Gasteiger partial charge in [0, 0.05) is 13.7 Å². The van der Waals surface area contributed by atoms with Gasteiger partial charge in [-0.15, -0.1) is 0 Å². The van der Waals surface area contributed by atoms with Crippen LogP contribution in [0.3, 0.4) is 0 Å². The lowest BCUT2D eigenvalue weighted by Crippen LogP contribution is -2.27. The van der Waals surface area contributed by atoms with E-state index in [1.165, 1.54) is 12.8 Å². The van der Waals surface area contributed by atoms with Crippen molar-refractivity contribution in [1.82, 2.24) is 0 Å². The predicted octanol–water partition coefficient (Wildman–Crippen LogP) is 2.23. The molecule has 2 nitrogen and oxygen atoms in total. The van der Waals surface area contributed by atoms with E-state index in [0.29, 0.717) is 12.2 Å². The van der Waals surface area contributed by atoms with Crippen molar-refractivity contribution in [3.63, 3.8) is 0 Å². The molecule has 0 amide bonds. The van der Waals surface area contributed by atoms with Crippen LogP contribution < -0.4 is 0 Å². The Morgan fingerprint density at radius 3 is 2.75 bits per heavy atom. The third kappa shape index (κ3) is 3.11. The standard InChI is InChI=1S/C10H20O2/c1-8-4-5-10(12-7-8)6-9(2)11-3/h8-10H,4-7H2,1-3H3/t8-,9-,10+/m1/s1. The Labute approximate surface area is 75.2 Å². The molecule has 3 atom stereocenters. The summed E-state index contributed by atoms with van der Waals surface area (Å²) < 4.78 is 10.9. The summed E-state index contributed by atoms with van der Waals surface area (Å²) in [4.78, 5) is 0. The van der Waals surface area contributed by atoms with Crippen LogP contribution in [0.2, 0.25) is 0 Å². The molecule has 0 aromatic carbocycles.